The summed E-state index contributed by atoms with van der Waals surface area (Å²) in [6.45, 7) is 1.42. The number of hydrogen-bond donors (Lipinski definition) is 1. The number of aromatic nitrogens is 2. The van der Waals surface area contributed by atoms with Gasteiger partial charge in [-0.25, -0.2) is 0 Å². The van der Waals surface area contributed by atoms with Gasteiger partial charge >= 0.3 is 0 Å². The van der Waals surface area contributed by atoms with E-state index in [-0.39, 0.29) is 18.1 Å². The number of amides is 1. The zero-order valence-corrected chi connectivity index (χ0v) is 13.0. The average molecular weight is 292 g/mol. The van der Waals surface area contributed by atoms with Gasteiger partial charge in [-0.1, -0.05) is 6.08 Å². The molecule has 116 valence electrons. The molecular formula is C15H24N4O2. The molecule has 6 nitrogen and oxygen atoms in total. The van der Waals surface area contributed by atoms with Crippen LogP contribution in [0.25, 0.3) is 0 Å². The third kappa shape index (κ3) is 4.99. The number of aryl methyl sites for hydroxylation is 1. The molecule has 1 aliphatic rings. The van der Waals surface area contributed by atoms with E-state index in [2.05, 4.69) is 10.4 Å². The molecule has 0 aliphatic carbocycles. The van der Waals surface area contributed by atoms with Crippen molar-refractivity contribution in [2.24, 2.45) is 7.05 Å². The number of likely N-dealkylation sites (N-methyl/N-ethyl adjacent to an activating group) is 1. The molecule has 6 heteroatoms. The second kappa shape index (κ2) is 7.38. The molecule has 1 saturated heterocycles. The molecule has 2 atom stereocenters. The van der Waals surface area contributed by atoms with Crippen LogP contribution in [0.1, 0.15) is 24.5 Å². The Balaban J connectivity index is 1.84. The zero-order valence-electron chi connectivity index (χ0n) is 13.0. The van der Waals surface area contributed by atoms with Crippen LogP contribution in [0.3, 0.4) is 0 Å². The average Bonchev–Trinajstić information content (AvgIpc) is 2.85. The van der Waals surface area contributed by atoms with Crippen LogP contribution in [0, 0.1) is 0 Å². The van der Waals surface area contributed by atoms with E-state index in [4.69, 9.17) is 4.74 Å². The molecule has 0 spiro atoms. The van der Waals surface area contributed by atoms with Crippen LogP contribution >= 0.6 is 0 Å². The summed E-state index contributed by atoms with van der Waals surface area (Å²) in [5, 5.41) is 7.22. The molecule has 2 rings (SSSR count). The van der Waals surface area contributed by atoms with Crippen molar-refractivity contribution >= 4 is 5.91 Å². The quantitative estimate of drug-likeness (QED) is 0.818. The lowest BCUT2D eigenvalue weighted by Gasteiger charge is -2.29. The lowest BCUT2D eigenvalue weighted by atomic mass is 9.99. The fourth-order valence-electron chi connectivity index (χ4n) is 2.39. The Morgan fingerprint density at radius 2 is 2.43 bits per heavy atom. The fraction of sp³-hybridized carbons (Fsp3) is 0.600. The molecule has 1 amide bonds. The number of nitrogens with zero attached hydrogens (tertiary/aromatic N) is 3. The Kier molecular flexibility index (Phi) is 5.52. The number of hydrogen-bond acceptors (Lipinski definition) is 4. The number of ether oxygens (including phenoxy) is 1. The van der Waals surface area contributed by atoms with Gasteiger partial charge in [0.05, 0.1) is 12.3 Å². The van der Waals surface area contributed by atoms with Crippen LogP contribution < -0.4 is 5.32 Å². The topological polar surface area (TPSA) is 59.4 Å². The molecule has 0 saturated carbocycles. The van der Waals surface area contributed by atoms with Crippen LogP contribution in [0.15, 0.2) is 24.5 Å². The van der Waals surface area contributed by atoms with Crippen LogP contribution in [-0.4, -0.2) is 53.9 Å². The minimum atomic E-state index is -0.0336. The van der Waals surface area contributed by atoms with Crippen molar-refractivity contribution < 1.29 is 9.53 Å². The van der Waals surface area contributed by atoms with Crippen LogP contribution in [0.4, 0.5) is 0 Å². The Labute approximate surface area is 125 Å². The third-order valence-corrected chi connectivity index (χ3v) is 3.47. The SMILES string of the molecule is CN(C)C/C=C/C(=O)NC1CCOC(c2cnn(C)c2)C1. The molecule has 0 radical (unpaired) electrons. The highest BCUT2D eigenvalue weighted by atomic mass is 16.5. The van der Waals surface area contributed by atoms with E-state index < -0.39 is 0 Å². The lowest BCUT2D eigenvalue weighted by molar-refractivity contribution is -0.118. The highest BCUT2D eigenvalue weighted by molar-refractivity contribution is 5.87. The summed E-state index contributed by atoms with van der Waals surface area (Å²) in [7, 11) is 5.83. The van der Waals surface area contributed by atoms with Gasteiger partial charge in [-0.2, -0.15) is 5.10 Å². The first kappa shape index (κ1) is 15.7. The molecule has 1 fully saturated rings. The molecule has 21 heavy (non-hydrogen) atoms. The number of carbonyl (C=O) groups is 1. The lowest BCUT2D eigenvalue weighted by Crippen LogP contribution is -2.39. The Morgan fingerprint density at radius 1 is 1.62 bits per heavy atom. The second-order valence-electron chi connectivity index (χ2n) is 5.70. The van der Waals surface area contributed by atoms with E-state index in [0.29, 0.717) is 6.61 Å². The molecular weight excluding hydrogens is 268 g/mol. The van der Waals surface area contributed by atoms with Gasteiger partial charge in [0.15, 0.2) is 0 Å². The van der Waals surface area contributed by atoms with Gasteiger partial charge in [-0.3, -0.25) is 9.48 Å². The van der Waals surface area contributed by atoms with Gasteiger partial charge in [0, 0.05) is 44.1 Å². The van der Waals surface area contributed by atoms with Gasteiger partial charge in [0.2, 0.25) is 5.91 Å². The maximum Gasteiger partial charge on any atom is 0.243 e. The molecule has 0 aromatic carbocycles. The van der Waals surface area contributed by atoms with Crippen LogP contribution in [-0.2, 0) is 16.6 Å². The smallest absolute Gasteiger partial charge is 0.243 e. The van der Waals surface area contributed by atoms with E-state index in [0.717, 1.165) is 24.9 Å². The second-order valence-corrected chi connectivity index (χ2v) is 5.70. The highest BCUT2D eigenvalue weighted by Crippen LogP contribution is 2.27. The number of rotatable bonds is 5. The summed E-state index contributed by atoms with van der Waals surface area (Å²) in [6.07, 6.45) is 8.92. The first-order valence-corrected chi connectivity index (χ1v) is 7.26. The molecule has 1 aromatic rings. The standard InChI is InChI=1S/C15H24N4O2/c1-18(2)7-4-5-15(20)17-13-6-8-21-14(9-13)12-10-16-19(3)11-12/h4-5,10-11,13-14H,6-9H2,1-3H3,(H,17,20)/b5-4+. The summed E-state index contributed by atoms with van der Waals surface area (Å²) in [6, 6.07) is 0.153. The number of nitrogens with one attached hydrogen (secondary N) is 1. The van der Waals surface area contributed by atoms with Crippen molar-refractivity contribution in [3.05, 3.63) is 30.1 Å². The van der Waals surface area contributed by atoms with Crippen molar-refractivity contribution in [2.45, 2.75) is 25.0 Å². The first-order chi connectivity index (χ1) is 10.0. The van der Waals surface area contributed by atoms with Crippen molar-refractivity contribution in [3.63, 3.8) is 0 Å². The molecule has 1 N–H and O–H groups in total. The maximum absolute atomic E-state index is 11.9. The van der Waals surface area contributed by atoms with E-state index in [9.17, 15) is 4.79 Å². The van der Waals surface area contributed by atoms with Gasteiger partial charge in [0.25, 0.3) is 0 Å². The van der Waals surface area contributed by atoms with Crippen LogP contribution in [0.5, 0.6) is 0 Å². The van der Waals surface area contributed by atoms with Crippen molar-refractivity contribution in [3.8, 4) is 0 Å². The Morgan fingerprint density at radius 3 is 3.10 bits per heavy atom. The summed E-state index contributed by atoms with van der Waals surface area (Å²) in [5.41, 5.74) is 1.07. The summed E-state index contributed by atoms with van der Waals surface area (Å²) < 4.78 is 7.54. The number of carbonyl (C=O) groups excluding carboxylic acids is 1. The highest BCUT2D eigenvalue weighted by Gasteiger charge is 2.25. The van der Waals surface area contributed by atoms with E-state index in [1.54, 1.807) is 10.8 Å². The van der Waals surface area contributed by atoms with Gasteiger partial charge in [-0.05, 0) is 26.9 Å². The van der Waals surface area contributed by atoms with Gasteiger partial charge in [-0.15, -0.1) is 0 Å². The molecule has 1 aromatic heterocycles. The zero-order chi connectivity index (χ0) is 15.2. The molecule has 1 aliphatic heterocycles. The van der Waals surface area contributed by atoms with Crippen molar-refractivity contribution in [1.82, 2.24) is 20.0 Å². The van der Waals surface area contributed by atoms with Crippen molar-refractivity contribution in [1.29, 1.82) is 0 Å². The van der Waals surface area contributed by atoms with Gasteiger partial charge < -0.3 is 15.0 Å². The summed E-state index contributed by atoms with van der Waals surface area (Å²) in [5.74, 6) is -0.0336. The maximum atomic E-state index is 11.9. The minimum absolute atomic E-state index is 0.0171. The van der Waals surface area contributed by atoms with E-state index in [1.807, 2.05) is 44.5 Å². The molecule has 0 bridgehead atoms. The summed E-state index contributed by atoms with van der Waals surface area (Å²) in [4.78, 5) is 13.9. The van der Waals surface area contributed by atoms with E-state index in [1.165, 1.54) is 0 Å². The van der Waals surface area contributed by atoms with Crippen LogP contribution in [0.2, 0.25) is 0 Å². The minimum Gasteiger partial charge on any atom is -0.373 e. The first-order valence-electron chi connectivity index (χ1n) is 7.26. The molecule has 2 unspecified atom stereocenters. The van der Waals surface area contributed by atoms with E-state index >= 15 is 0 Å². The molecule has 2 heterocycles. The summed E-state index contributed by atoms with van der Waals surface area (Å²) >= 11 is 0. The predicted octanol–water partition coefficient (Wildman–Crippen LogP) is 0.874. The Hall–Kier alpha value is -1.66. The Bertz CT molecular complexity index is 496. The monoisotopic (exact) mass is 292 g/mol. The van der Waals surface area contributed by atoms with Gasteiger partial charge in [0.1, 0.15) is 0 Å². The predicted molar refractivity (Wildman–Crippen MR) is 80.8 cm³/mol. The fourth-order valence-corrected chi connectivity index (χ4v) is 2.39. The largest absolute Gasteiger partial charge is 0.373 e. The third-order valence-electron chi connectivity index (χ3n) is 3.47. The van der Waals surface area contributed by atoms with Crippen molar-refractivity contribution in [2.75, 3.05) is 27.2 Å². The normalized spacial score (nSPS) is 22.9.